The highest BCUT2D eigenvalue weighted by molar-refractivity contribution is 6.20. The van der Waals surface area contributed by atoms with Crippen LogP contribution < -0.4 is 4.90 Å². The number of anilines is 1. The number of halogens is 1. The fraction of sp³-hybridized carbons (Fsp3) is 0.571. The first kappa shape index (κ1) is 11.8. The van der Waals surface area contributed by atoms with E-state index in [0.717, 1.165) is 6.42 Å². The third-order valence-corrected chi connectivity index (χ3v) is 3.97. The van der Waals surface area contributed by atoms with E-state index in [9.17, 15) is 0 Å². The van der Waals surface area contributed by atoms with E-state index in [4.69, 9.17) is 11.6 Å². The molecule has 1 aliphatic carbocycles. The maximum absolute atomic E-state index is 6.24. The predicted octanol–water partition coefficient (Wildman–Crippen LogP) is 3.98. The Hall–Kier alpha value is -0.690. The first-order valence-corrected chi connectivity index (χ1v) is 6.54. The normalized spacial score (nSPS) is 25.4. The smallest absolute Gasteiger partial charge is 0.0366 e. The molecule has 0 saturated heterocycles. The van der Waals surface area contributed by atoms with E-state index in [0.29, 0.717) is 11.4 Å². The number of alkyl halides is 1. The van der Waals surface area contributed by atoms with Crippen LogP contribution in [-0.4, -0.2) is 18.5 Å². The van der Waals surface area contributed by atoms with Gasteiger partial charge in [0, 0.05) is 24.2 Å². The Bertz CT molecular complexity index is 333. The highest BCUT2D eigenvalue weighted by Crippen LogP contribution is 2.28. The summed E-state index contributed by atoms with van der Waals surface area (Å²) in [5.74, 6) is 0. The van der Waals surface area contributed by atoms with Crippen molar-refractivity contribution in [2.45, 2.75) is 44.0 Å². The van der Waals surface area contributed by atoms with Gasteiger partial charge >= 0.3 is 0 Å². The lowest BCUT2D eigenvalue weighted by Crippen LogP contribution is -2.36. The summed E-state index contributed by atoms with van der Waals surface area (Å²) in [6, 6.07) is 9.36. The fourth-order valence-electron chi connectivity index (χ4n) is 2.45. The van der Waals surface area contributed by atoms with Gasteiger partial charge in [-0.1, -0.05) is 17.7 Å². The van der Waals surface area contributed by atoms with E-state index in [-0.39, 0.29) is 0 Å². The van der Waals surface area contributed by atoms with Crippen molar-refractivity contribution in [3.05, 3.63) is 29.8 Å². The predicted molar refractivity (Wildman–Crippen MR) is 71.5 cm³/mol. The Morgan fingerprint density at radius 1 is 1.19 bits per heavy atom. The molecule has 0 spiro atoms. The summed E-state index contributed by atoms with van der Waals surface area (Å²) in [6.45, 7) is 2.12. The van der Waals surface area contributed by atoms with Crippen LogP contribution in [0.2, 0.25) is 0 Å². The van der Waals surface area contributed by atoms with Crippen LogP contribution in [0.5, 0.6) is 0 Å². The largest absolute Gasteiger partial charge is 0.372 e. The maximum Gasteiger partial charge on any atom is 0.0366 e. The topological polar surface area (TPSA) is 3.24 Å². The van der Waals surface area contributed by atoms with Gasteiger partial charge in [-0.25, -0.2) is 0 Å². The van der Waals surface area contributed by atoms with Crippen LogP contribution in [0.1, 0.15) is 31.2 Å². The molecule has 16 heavy (non-hydrogen) atoms. The van der Waals surface area contributed by atoms with Crippen molar-refractivity contribution in [2.24, 2.45) is 0 Å². The molecule has 88 valence electrons. The highest BCUT2D eigenvalue weighted by atomic mass is 35.5. The number of hydrogen-bond acceptors (Lipinski definition) is 1. The Morgan fingerprint density at radius 2 is 1.88 bits per heavy atom. The van der Waals surface area contributed by atoms with Gasteiger partial charge in [0.25, 0.3) is 0 Å². The van der Waals surface area contributed by atoms with Crippen LogP contribution in [-0.2, 0) is 0 Å². The van der Waals surface area contributed by atoms with Crippen molar-refractivity contribution in [1.29, 1.82) is 0 Å². The SMILES string of the molecule is Cc1ccc(N(C)C2CCCC(Cl)C2)cc1. The van der Waals surface area contributed by atoms with E-state index in [1.54, 1.807) is 0 Å². The molecule has 2 heteroatoms. The number of benzene rings is 1. The van der Waals surface area contributed by atoms with Crippen molar-refractivity contribution >= 4 is 17.3 Å². The Morgan fingerprint density at radius 3 is 2.50 bits per heavy atom. The zero-order valence-electron chi connectivity index (χ0n) is 10.1. The first-order chi connectivity index (χ1) is 7.66. The van der Waals surface area contributed by atoms with Gasteiger partial charge in [-0.15, -0.1) is 11.6 Å². The van der Waals surface area contributed by atoms with Crippen molar-refractivity contribution in [3.8, 4) is 0 Å². The van der Waals surface area contributed by atoms with Gasteiger partial charge in [-0.2, -0.15) is 0 Å². The molecule has 1 aromatic rings. The molecule has 1 aromatic carbocycles. The van der Waals surface area contributed by atoms with Gasteiger partial charge in [0.2, 0.25) is 0 Å². The van der Waals surface area contributed by atoms with Crippen LogP contribution in [0, 0.1) is 6.92 Å². The molecule has 0 aliphatic heterocycles. The molecule has 0 N–H and O–H groups in total. The third-order valence-electron chi connectivity index (χ3n) is 3.57. The molecule has 2 unspecified atom stereocenters. The first-order valence-electron chi connectivity index (χ1n) is 6.10. The summed E-state index contributed by atoms with van der Waals surface area (Å²) in [7, 11) is 2.18. The molecule has 0 aromatic heterocycles. The summed E-state index contributed by atoms with van der Waals surface area (Å²) < 4.78 is 0. The van der Waals surface area contributed by atoms with Crippen LogP contribution in [0.25, 0.3) is 0 Å². The van der Waals surface area contributed by atoms with Gasteiger partial charge in [-0.05, 0) is 44.7 Å². The zero-order valence-corrected chi connectivity index (χ0v) is 10.9. The summed E-state index contributed by atoms with van der Waals surface area (Å²) in [6.07, 6.45) is 4.83. The number of aryl methyl sites for hydroxylation is 1. The fourth-order valence-corrected chi connectivity index (χ4v) is 2.81. The minimum absolute atomic E-state index is 0.367. The molecule has 0 bridgehead atoms. The monoisotopic (exact) mass is 237 g/mol. The second-order valence-electron chi connectivity index (χ2n) is 4.86. The number of rotatable bonds is 2. The van der Waals surface area contributed by atoms with Gasteiger partial charge in [-0.3, -0.25) is 0 Å². The van der Waals surface area contributed by atoms with Gasteiger partial charge in [0.1, 0.15) is 0 Å². The molecule has 2 atom stereocenters. The molecular weight excluding hydrogens is 218 g/mol. The molecule has 1 fully saturated rings. The molecule has 0 radical (unpaired) electrons. The lowest BCUT2D eigenvalue weighted by atomic mass is 9.93. The Labute approximate surface area is 103 Å². The van der Waals surface area contributed by atoms with Crippen molar-refractivity contribution in [2.75, 3.05) is 11.9 Å². The lowest BCUT2D eigenvalue weighted by Gasteiger charge is -2.34. The molecule has 1 aliphatic rings. The third kappa shape index (κ3) is 2.70. The number of nitrogens with zero attached hydrogens (tertiary/aromatic N) is 1. The summed E-state index contributed by atoms with van der Waals surface area (Å²) in [4.78, 5) is 2.38. The Balaban J connectivity index is 2.06. The van der Waals surface area contributed by atoms with E-state index in [1.807, 2.05) is 0 Å². The minimum Gasteiger partial charge on any atom is -0.372 e. The van der Waals surface area contributed by atoms with Crippen molar-refractivity contribution < 1.29 is 0 Å². The number of hydrogen-bond donors (Lipinski definition) is 0. The second-order valence-corrected chi connectivity index (χ2v) is 5.48. The van der Waals surface area contributed by atoms with Gasteiger partial charge in [0.15, 0.2) is 0 Å². The van der Waals surface area contributed by atoms with Crippen molar-refractivity contribution in [1.82, 2.24) is 0 Å². The average molecular weight is 238 g/mol. The molecule has 0 amide bonds. The quantitative estimate of drug-likeness (QED) is 0.704. The van der Waals surface area contributed by atoms with Crippen LogP contribution in [0.4, 0.5) is 5.69 Å². The van der Waals surface area contributed by atoms with E-state index in [2.05, 4.69) is 43.1 Å². The van der Waals surface area contributed by atoms with Crippen LogP contribution in [0.15, 0.2) is 24.3 Å². The van der Waals surface area contributed by atoms with Crippen LogP contribution in [0.3, 0.4) is 0 Å². The zero-order chi connectivity index (χ0) is 11.5. The van der Waals surface area contributed by atoms with E-state index >= 15 is 0 Å². The molecule has 2 rings (SSSR count). The maximum atomic E-state index is 6.24. The molecule has 1 saturated carbocycles. The summed E-state index contributed by atoms with van der Waals surface area (Å²) >= 11 is 6.24. The van der Waals surface area contributed by atoms with E-state index < -0.39 is 0 Å². The van der Waals surface area contributed by atoms with Crippen LogP contribution >= 0.6 is 11.6 Å². The molecular formula is C14H20ClN. The standard InChI is InChI=1S/C14H20ClN/c1-11-6-8-13(9-7-11)16(2)14-5-3-4-12(15)10-14/h6-9,12,14H,3-5,10H2,1-2H3. The summed E-state index contributed by atoms with van der Waals surface area (Å²) in [5, 5.41) is 0.367. The average Bonchev–Trinajstić information content (AvgIpc) is 2.29. The highest BCUT2D eigenvalue weighted by Gasteiger charge is 2.23. The van der Waals surface area contributed by atoms with E-state index in [1.165, 1.54) is 30.5 Å². The lowest BCUT2D eigenvalue weighted by molar-refractivity contribution is 0.433. The Kier molecular flexibility index (Phi) is 3.75. The van der Waals surface area contributed by atoms with Gasteiger partial charge < -0.3 is 4.90 Å². The molecule has 1 nitrogen and oxygen atoms in total. The van der Waals surface area contributed by atoms with Crippen molar-refractivity contribution in [3.63, 3.8) is 0 Å². The minimum atomic E-state index is 0.367. The molecule has 0 heterocycles. The second kappa shape index (κ2) is 5.09. The van der Waals surface area contributed by atoms with Gasteiger partial charge in [0.05, 0.1) is 0 Å². The summed E-state index contributed by atoms with van der Waals surface area (Å²) in [5.41, 5.74) is 2.62.